The maximum atomic E-state index is 13.1. The molecule has 2 aromatic rings. The third kappa shape index (κ3) is 5.45. The average Bonchev–Trinajstić information content (AvgIpc) is 2.72. The van der Waals surface area contributed by atoms with Crippen molar-refractivity contribution in [1.29, 1.82) is 0 Å². The molecular formula is C21H25ClN2O3. The number of methoxy groups -OCH3 is 1. The lowest BCUT2D eigenvalue weighted by Crippen LogP contribution is -2.43. The number of hydrogen-bond donors (Lipinski definition) is 0. The van der Waals surface area contributed by atoms with Gasteiger partial charge in [-0.1, -0.05) is 35.9 Å². The van der Waals surface area contributed by atoms with Crippen LogP contribution in [0.4, 0.5) is 0 Å². The van der Waals surface area contributed by atoms with E-state index in [9.17, 15) is 4.79 Å². The lowest BCUT2D eigenvalue weighted by Gasteiger charge is -2.30. The zero-order chi connectivity index (χ0) is 19.1. The molecule has 0 saturated carbocycles. The second-order valence-corrected chi connectivity index (χ2v) is 6.92. The lowest BCUT2D eigenvalue weighted by molar-refractivity contribution is 0.0320. The minimum Gasteiger partial charge on any atom is -0.497 e. The number of benzene rings is 2. The monoisotopic (exact) mass is 388 g/mol. The van der Waals surface area contributed by atoms with Gasteiger partial charge in [-0.3, -0.25) is 9.69 Å². The van der Waals surface area contributed by atoms with Crippen molar-refractivity contribution in [2.45, 2.75) is 6.54 Å². The summed E-state index contributed by atoms with van der Waals surface area (Å²) in [5, 5.41) is 0.480. The molecule has 0 spiro atoms. The second kappa shape index (κ2) is 9.74. The van der Waals surface area contributed by atoms with Crippen molar-refractivity contribution in [3.05, 3.63) is 64.7 Å². The fourth-order valence-electron chi connectivity index (χ4n) is 3.10. The van der Waals surface area contributed by atoms with Gasteiger partial charge in [0.25, 0.3) is 5.91 Å². The quantitative estimate of drug-likeness (QED) is 0.729. The molecule has 144 valence electrons. The van der Waals surface area contributed by atoms with E-state index in [1.54, 1.807) is 19.2 Å². The van der Waals surface area contributed by atoms with Gasteiger partial charge < -0.3 is 14.4 Å². The van der Waals surface area contributed by atoms with Gasteiger partial charge in [0.15, 0.2) is 0 Å². The molecule has 1 saturated heterocycles. The number of halogens is 1. The van der Waals surface area contributed by atoms with Gasteiger partial charge in [-0.2, -0.15) is 0 Å². The normalized spacial score (nSPS) is 14.7. The molecule has 0 radical (unpaired) electrons. The predicted octanol–water partition coefficient (Wildman–Crippen LogP) is 3.32. The Morgan fingerprint density at radius 2 is 1.85 bits per heavy atom. The fraction of sp³-hybridized carbons (Fsp3) is 0.381. The molecule has 0 unspecified atom stereocenters. The molecule has 5 nitrogen and oxygen atoms in total. The van der Waals surface area contributed by atoms with E-state index in [2.05, 4.69) is 4.90 Å². The van der Waals surface area contributed by atoms with Gasteiger partial charge in [-0.15, -0.1) is 0 Å². The van der Waals surface area contributed by atoms with E-state index in [0.717, 1.165) is 44.2 Å². The summed E-state index contributed by atoms with van der Waals surface area (Å²) in [7, 11) is 1.64. The molecule has 0 aromatic heterocycles. The van der Waals surface area contributed by atoms with Crippen LogP contribution in [0.15, 0.2) is 48.5 Å². The Balaban J connectivity index is 1.74. The maximum Gasteiger partial charge on any atom is 0.255 e. The molecule has 0 N–H and O–H groups in total. The Bertz CT molecular complexity index is 745. The van der Waals surface area contributed by atoms with Gasteiger partial charge >= 0.3 is 0 Å². The SMILES string of the molecule is COc1ccc(CN(CCN2CCOCC2)C(=O)c2ccccc2Cl)cc1. The first kappa shape index (κ1) is 19.7. The minimum atomic E-state index is -0.0512. The number of rotatable bonds is 7. The molecule has 27 heavy (non-hydrogen) atoms. The number of ether oxygens (including phenoxy) is 2. The number of hydrogen-bond acceptors (Lipinski definition) is 4. The molecule has 0 atom stereocenters. The molecule has 1 heterocycles. The first-order valence-corrected chi connectivity index (χ1v) is 9.52. The first-order valence-electron chi connectivity index (χ1n) is 9.14. The van der Waals surface area contributed by atoms with Gasteiger partial charge in [-0.05, 0) is 29.8 Å². The highest BCUT2D eigenvalue weighted by Gasteiger charge is 2.20. The molecule has 0 aliphatic carbocycles. The van der Waals surface area contributed by atoms with E-state index in [1.165, 1.54) is 0 Å². The van der Waals surface area contributed by atoms with E-state index in [-0.39, 0.29) is 5.91 Å². The highest BCUT2D eigenvalue weighted by atomic mass is 35.5. The van der Waals surface area contributed by atoms with Crippen molar-refractivity contribution in [2.75, 3.05) is 46.5 Å². The Hall–Kier alpha value is -2.08. The molecule has 3 rings (SSSR count). The van der Waals surface area contributed by atoms with E-state index in [4.69, 9.17) is 21.1 Å². The standard InChI is InChI=1S/C21H25ClN2O3/c1-26-18-8-6-17(7-9-18)16-24(11-10-23-12-14-27-15-13-23)21(25)19-4-2-3-5-20(19)22/h2-9H,10-16H2,1H3. The molecule has 1 aliphatic heterocycles. The van der Waals surface area contributed by atoms with Crippen LogP contribution < -0.4 is 4.74 Å². The zero-order valence-electron chi connectivity index (χ0n) is 15.6. The van der Waals surface area contributed by atoms with E-state index >= 15 is 0 Å². The highest BCUT2D eigenvalue weighted by Crippen LogP contribution is 2.19. The van der Waals surface area contributed by atoms with Crippen LogP contribution in [0, 0.1) is 0 Å². The van der Waals surface area contributed by atoms with Gasteiger partial charge in [0, 0.05) is 32.7 Å². The Labute approximate surface area is 165 Å². The van der Waals surface area contributed by atoms with Crippen LogP contribution in [0.25, 0.3) is 0 Å². The van der Waals surface area contributed by atoms with Crippen LogP contribution in [0.1, 0.15) is 15.9 Å². The average molecular weight is 389 g/mol. The number of carbonyl (C=O) groups excluding carboxylic acids is 1. The first-order chi connectivity index (χ1) is 13.2. The summed E-state index contributed by atoms with van der Waals surface area (Å²) < 4.78 is 10.6. The number of carbonyl (C=O) groups is 1. The van der Waals surface area contributed by atoms with Crippen LogP contribution in [-0.4, -0.2) is 62.2 Å². The smallest absolute Gasteiger partial charge is 0.255 e. The largest absolute Gasteiger partial charge is 0.497 e. The van der Waals surface area contributed by atoms with Crippen LogP contribution in [-0.2, 0) is 11.3 Å². The summed E-state index contributed by atoms with van der Waals surface area (Å²) in [6, 6.07) is 15.0. The molecule has 0 bridgehead atoms. The van der Waals surface area contributed by atoms with Crippen molar-refractivity contribution in [3.63, 3.8) is 0 Å². The van der Waals surface area contributed by atoms with E-state index in [0.29, 0.717) is 23.7 Å². The predicted molar refractivity (Wildman–Crippen MR) is 106 cm³/mol. The summed E-state index contributed by atoms with van der Waals surface area (Å²) in [5.41, 5.74) is 1.59. The Morgan fingerprint density at radius 1 is 1.15 bits per heavy atom. The third-order valence-corrected chi connectivity index (χ3v) is 5.04. The van der Waals surface area contributed by atoms with Crippen molar-refractivity contribution in [2.24, 2.45) is 0 Å². The van der Waals surface area contributed by atoms with Crippen LogP contribution in [0.3, 0.4) is 0 Å². The van der Waals surface area contributed by atoms with Gasteiger partial charge in [0.1, 0.15) is 5.75 Å². The Kier molecular flexibility index (Phi) is 7.10. The molecule has 1 aliphatic rings. The maximum absolute atomic E-state index is 13.1. The number of amides is 1. The molecule has 6 heteroatoms. The van der Waals surface area contributed by atoms with Gasteiger partial charge in [0.2, 0.25) is 0 Å². The number of morpholine rings is 1. The summed E-state index contributed by atoms with van der Waals surface area (Å²) in [6.45, 7) is 5.27. The third-order valence-electron chi connectivity index (χ3n) is 4.71. The van der Waals surface area contributed by atoms with Gasteiger partial charge in [-0.25, -0.2) is 0 Å². The zero-order valence-corrected chi connectivity index (χ0v) is 16.3. The van der Waals surface area contributed by atoms with Crippen molar-refractivity contribution in [3.8, 4) is 5.75 Å². The van der Waals surface area contributed by atoms with Crippen molar-refractivity contribution in [1.82, 2.24) is 9.80 Å². The summed E-state index contributed by atoms with van der Waals surface area (Å²) in [4.78, 5) is 17.3. The summed E-state index contributed by atoms with van der Waals surface area (Å²) >= 11 is 6.26. The van der Waals surface area contributed by atoms with E-state index < -0.39 is 0 Å². The second-order valence-electron chi connectivity index (χ2n) is 6.51. The molecule has 2 aromatic carbocycles. The Morgan fingerprint density at radius 3 is 2.52 bits per heavy atom. The van der Waals surface area contributed by atoms with Crippen LogP contribution in [0.5, 0.6) is 5.75 Å². The lowest BCUT2D eigenvalue weighted by atomic mass is 10.1. The topological polar surface area (TPSA) is 42.0 Å². The van der Waals surface area contributed by atoms with E-state index in [1.807, 2.05) is 41.3 Å². The fourth-order valence-corrected chi connectivity index (χ4v) is 3.31. The summed E-state index contributed by atoms with van der Waals surface area (Å²) in [6.07, 6.45) is 0. The highest BCUT2D eigenvalue weighted by molar-refractivity contribution is 6.33. The van der Waals surface area contributed by atoms with Crippen LogP contribution in [0.2, 0.25) is 5.02 Å². The minimum absolute atomic E-state index is 0.0512. The van der Waals surface area contributed by atoms with Crippen molar-refractivity contribution < 1.29 is 14.3 Å². The van der Waals surface area contributed by atoms with Gasteiger partial charge in [0.05, 0.1) is 30.9 Å². The number of nitrogens with zero attached hydrogens (tertiary/aromatic N) is 2. The van der Waals surface area contributed by atoms with Crippen molar-refractivity contribution >= 4 is 17.5 Å². The summed E-state index contributed by atoms with van der Waals surface area (Å²) in [5.74, 6) is 0.751. The van der Waals surface area contributed by atoms with Crippen LogP contribution >= 0.6 is 11.6 Å². The molecule has 1 fully saturated rings. The molecule has 1 amide bonds. The molecular weight excluding hydrogens is 364 g/mol.